The van der Waals surface area contributed by atoms with E-state index >= 15 is 0 Å². The maximum atomic E-state index is 11.2. The summed E-state index contributed by atoms with van der Waals surface area (Å²) in [7, 11) is 0. The van der Waals surface area contributed by atoms with Gasteiger partial charge in [0.05, 0.1) is 0 Å². The summed E-state index contributed by atoms with van der Waals surface area (Å²) >= 11 is 0. The van der Waals surface area contributed by atoms with Crippen LogP contribution < -0.4 is 0 Å². The standard InChI is InChI=1S/C17H20.C11H14O.C7H16.H2/c1-2-3-14-17(15-10-6-4-7-11-15)16-12-8-5-9-13-16;1-7-5-8(2)11(10(4)12)9(3)6-7;1-4-7(5-2)6-3;/h4-13,17H,2-3,14H2,1H3;5-6H,1-4H3;7H,4-6H2,1-3H3;1H. The Balaban J connectivity index is 0.000000569. The molecule has 198 valence electrons. The first kappa shape index (κ1) is 31.4. The lowest BCUT2D eigenvalue weighted by molar-refractivity contribution is 0.101. The Labute approximate surface area is 223 Å². The second-order valence-corrected chi connectivity index (χ2v) is 9.94. The van der Waals surface area contributed by atoms with Gasteiger partial charge in [-0.15, -0.1) is 0 Å². The van der Waals surface area contributed by atoms with Crippen LogP contribution in [0.2, 0.25) is 0 Å². The van der Waals surface area contributed by atoms with E-state index in [1.54, 1.807) is 6.92 Å². The fourth-order valence-corrected chi connectivity index (χ4v) is 4.91. The summed E-state index contributed by atoms with van der Waals surface area (Å²) in [4.78, 5) is 11.2. The summed E-state index contributed by atoms with van der Waals surface area (Å²) < 4.78 is 0. The van der Waals surface area contributed by atoms with Crippen molar-refractivity contribution < 1.29 is 6.22 Å². The molecule has 0 saturated heterocycles. The normalized spacial score (nSPS) is 10.4. The third kappa shape index (κ3) is 10.9. The van der Waals surface area contributed by atoms with E-state index in [9.17, 15) is 4.79 Å². The van der Waals surface area contributed by atoms with Crippen molar-refractivity contribution in [1.29, 1.82) is 0 Å². The van der Waals surface area contributed by atoms with Gasteiger partial charge in [0.25, 0.3) is 0 Å². The smallest absolute Gasteiger partial charge is 0.160 e. The summed E-state index contributed by atoms with van der Waals surface area (Å²) in [6, 6.07) is 25.8. The molecule has 3 rings (SSSR count). The topological polar surface area (TPSA) is 17.1 Å². The molecule has 0 unspecified atom stereocenters. The number of Topliss-reactive ketones (excluding diaryl/α,β-unsaturated/α-hetero) is 1. The summed E-state index contributed by atoms with van der Waals surface area (Å²) in [6.07, 6.45) is 7.85. The number of carbonyl (C=O) groups is 1. The number of carbonyl (C=O) groups excluding carboxylic acids is 1. The second kappa shape index (κ2) is 17.7. The molecule has 0 amide bonds. The third-order valence-electron chi connectivity index (χ3n) is 7.01. The van der Waals surface area contributed by atoms with Gasteiger partial charge in [0.1, 0.15) is 0 Å². The molecule has 0 fully saturated rings. The van der Waals surface area contributed by atoms with Crippen molar-refractivity contribution in [1.82, 2.24) is 0 Å². The van der Waals surface area contributed by atoms with Crippen LogP contribution in [0, 0.1) is 26.7 Å². The van der Waals surface area contributed by atoms with Crippen LogP contribution in [0.5, 0.6) is 0 Å². The molecule has 3 aromatic carbocycles. The average Bonchev–Trinajstić information content (AvgIpc) is 2.87. The Morgan fingerprint density at radius 2 is 1.14 bits per heavy atom. The predicted molar refractivity (Wildman–Crippen MR) is 161 cm³/mol. The zero-order valence-electron chi connectivity index (χ0n) is 24.2. The molecule has 0 N–H and O–H groups in total. The number of benzene rings is 3. The van der Waals surface area contributed by atoms with Crippen LogP contribution in [0.15, 0.2) is 72.8 Å². The number of hydrogen-bond donors (Lipinski definition) is 0. The van der Waals surface area contributed by atoms with Crippen molar-refractivity contribution >= 4 is 5.78 Å². The van der Waals surface area contributed by atoms with E-state index in [2.05, 4.69) is 88.4 Å². The molecule has 0 radical (unpaired) electrons. The lowest BCUT2D eigenvalue weighted by Crippen LogP contribution is -2.00. The zero-order chi connectivity index (χ0) is 26.9. The van der Waals surface area contributed by atoms with E-state index in [4.69, 9.17) is 0 Å². The molecule has 0 aliphatic carbocycles. The van der Waals surface area contributed by atoms with Crippen LogP contribution >= 0.6 is 0 Å². The molecule has 0 spiro atoms. The third-order valence-corrected chi connectivity index (χ3v) is 7.01. The zero-order valence-corrected chi connectivity index (χ0v) is 24.2. The van der Waals surface area contributed by atoms with Gasteiger partial charge < -0.3 is 0 Å². The quantitative estimate of drug-likeness (QED) is 0.274. The first-order chi connectivity index (χ1) is 17.3. The highest BCUT2D eigenvalue weighted by molar-refractivity contribution is 5.97. The molecule has 1 heteroatoms. The second-order valence-electron chi connectivity index (χ2n) is 9.94. The van der Waals surface area contributed by atoms with Gasteiger partial charge in [-0.25, -0.2) is 0 Å². The maximum absolute atomic E-state index is 11.2. The van der Waals surface area contributed by atoms with Gasteiger partial charge in [-0.1, -0.05) is 138 Å². The fraction of sp³-hybridized carbons (Fsp3) is 0.457. The van der Waals surface area contributed by atoms with Crippen molar-refractivity contribution in [2.75, 3.05) is 0 Å². The largest absolute Gasteiger partial charge is 0.294 e. The highest BCUT2D eigenvalue weighted by atomic mass is 16.1. The molecule has 0 saturated carbocycles. The SMILES string of the molecule is CC(=O)c1c(C)cc(C)cc1C.CCC(CC)CC.CCCCC(c1ccccc1)c1ccccc1.[HH]. The van der Waals surface area contributed by atoms with E-state index in [0.29, 0.717) is 5.92 Å². The molecule has 3 aromatic rings. The van der Waals surface area contributed by atoms with Gasteiger partial charge in [-0.3, -0.25) is 4.79 Å². The Bertz CT molecular complexity index is 922. The van der Waals surface area contributed by atoms with Crippen LogP contribution in [0.4, 0.5) is 0 Å². The average molecular weight is 489 g/mol. The van der Waals surface area contributed by atoms with Crippen LogP contribution in [0.3, 0.4) is 0 Å². The summed E-state index contributed by atoms with van der Waals surface area (Å²) in [5.41, 5.74) is 7.13. The number of rotatable bonds is 9. The van der Waals surface area contributed by atoms with Crippen molar-refractivity contribution in [2.45, 2.75) is 99.8 Å². The number of unbranched alkanes of at least 4 members (excludes halogenated alkanes) is 1. The van der Waals surface area contributed by atoms with E-state index in [0.717, 1.165) is 22.6 Å². The summed E-state index contributed by atoms with van der Waals surface area (Å²) in [5, 5.41) is 0. The Hall–Kier alpha value is -2.67. The van der Waals surface area contributed by atoms with E-state index in [1.807, 2.05) is 32.9 Å². The van der Waals surface area contributed by atoms with Crippen LogP contribution in [-0.2, 0) is 0 Å². The lowest BCUT2D eigenvalue weighted by Gasteiger charge is -2.17. The molecule has 0 aliphatic heterocycles. The highest BCUT2D eigenvalue weighted by Crippen LogP contribution is 2.29. The number of ketones is 1. The molecule has 0 bridgehead atoms. The molecule has 1 nitrogen and oxygen atoms in total. The Morgan fingerprint density at radius 3 is 1.44 bits per heavy atom. The molecule has 0 aliphatic rings. The van der Waals surface area contributed by atoms with Crippen molar-refractivity contribution in [3.05, 3.63) is 106 Å². The van der Waals surface area contributed by atoms with Crippen molar-refractivity contribution in [2.24, 2.45) is 5.92 Å². The summed E-state index contributed by atoms with van der Waals surface area (Å²) in [5.74, 6) is 1.70. The highest BCUT2D eigenvalue weighted by Gasteiger charge is 2.12. The van der Waals surface area contributed by atoms with Gasteiger partial charge >= 0.3 is 0 Å². The van der Waals surface area contributed by atoms with E-state index in [-0.39, 0.29) is 7.21 Å². The van der Waals surface area contributed by atoms with Crippen LogP contribution in [-0.4, -0.2) is 5.78 Å². The first-order valence-corrected chi connectivity index (χ1v) is 14.0. The lowest BCUT2D eigenvalue weighted by atomic mass is 9.87. The van der Waals surface area contributed by atoms with Crippen LogP contribution in [0.25, 0.3) is 0 Å². The van der Waals surface area contributed by atoms with E-state index in [1.165, 1.54) is 55.2 Å². The van der Waals surface area contributed by atoms with Gasteiger partial charge in [-0.2, -0.15) is 0 Å². The first-order valence-electron chi connectivity index (χ1n) is 14.0. The van der Waals surface area contributed by atoms with Gasteiger partial charge in [0.2, 0.25) is 0 Å². The minimum absolute atomic E-state index is 0. The molecule has 0 heterocycles. The molecule has 36 heavy (non-hydrogen) atoms. The number of hydrogen-bond acceptors (Lipinski definition) is 1. The monoisotopic (exact) mass is 488 g/mol. The minimum atomic E-state index is 0. The van der Waals surface area contributed by atoms with Gasteiger partial charge in [0, 0.05) is 12.9 Å². The Kier molecular flexibility index (Phi) is 15.4. The molecule has 0 aromatic heterocycles. The molecular weight excluding hydrogens is 436 g/mol. The van der Waals surface area contributed by atoms with Gasteiger partial charge in [-0.05, 0) is 62.3 Å². The number of aryl methyl sites for hydroxylation is 3. The Morgan fingerprint density at radius 1 is 0.722 bits per heavy atom. The molecule has 0 atom stereocenters. The van der Waals surface area contributed by atoms with Crippen molar-refractivity contribution in [3.8, 4) is 0 Å². The fourth-order valence-electron chi connectivity index (χ4n) is 4.91. The van der Waals surface area contributed by atoms with E-state index < -0.39 is 0 Å². The minimum Gasteiger partial charge on any atom is -0.294 e. The summed E-state index contributed by atoms with van der Waals surface area (Å²) in [6.45, 7) is 16.7. The van der Waals surface area contributed by atoms with Crippen LogP contribution in [0.1, 0.15) is 119 Å². The molecular formula is C35H52O. The van der Waals surface area contributed by atoms with Gasteiger partial charge in [0.15, 0.2) is 5.78 Å². The van der Waals surface area contributed by atoms with Crippen molar-refractivity contribution in [3.63, 3.8) is 0 Å². The predicted octanol–water partition coefficient (Wildman–Crippen LogP) is 10.9. The maximum Gasteiger partial charge on any atom is 0.160 e.